The van der Waals surface area contributed by atoms with Gasteiger partial charge >= 0.3 is 0 Å². The normalized spacial score (nSPS) is 10.6. The van der Waals surface area contributed by atoms with Gasteiger partial charge in [0.2, 0.25) is 5.82 Å². The van der Waals surface area contributed by atoms with Crippen LogP contribution in [-0.4, -0.2) is 20.7 Å². The van der Waals surface area contributed by atoms with Crippen molar-refractivity contribution in [2.75, 3.05) is 5.32 Å². The topological polar surface area (TPSA) is 59.8 Å². The number of carbonyl (C=O) groups is 1. The number of nitrogens with one attached hydrogen (secondary N) is 1. The molecule has 0 unspecified atom stereocenters. The Labute approximate surface area is 130 Å². The van der Waals surface area contributed by atoms with Crippen LogP contribution in [0.1, 0.15) is 16.2 Å². The minimum Gasteiger partial charge on any atom is -0.319 e. The number of rotatable bonds is 3. The first-order valence-corrected chi connectivity index (χ1v) is 6.78. The third-order valence-electron chi connectivity index (χ3n) is 3.14. The molecule has 0 saturated heterocycles. The summed E-state index contributed by atoms with van der Waals surface area (Å²) in [6, 6.07) is 10.6. The third-order valence-corrected chi connectivity index (χ3v) is 3.14. The first-order valence-electron chi connectivity index (χ1n) is 6.78. The number of amides is 1. The van der Waals surface area contributed by atoms with Crippen molar-refractivity contribution in [1.29, 1.82) is 0 Å². The maximum Gasteiger partial charge on any atom is 0.295 e. The summed E-state index contributed by atoms with van der Waals surface area (Å²) in [4.78, 5) is 16.0. The molecule has 7 heteroatoms. The van der Waals surface area contributed by atoms with Gasteiger partial charge in [0.05, 0.1) is 5.69 Å². The smallest absolute Gasteiger partial charge is 0.295 e. The molecule has 2 aromatic carbocycles. The molecule has 23 heavy (non-hydrogen) atoms. The molecule has 0 bridgehead atoms. The second-order valence-corrected chi connectivity index (χ2v) is 4.93. The Morgan fingerprint density at radius 2 is 1.96 bits per heavy atom. The van der Waals surface area contributed by atoms with Crippen molar-refractivity contribution >= 4 is 11.6 Å². The van der Waals surface area contributed by atoms with E-state index in [4.69, 9.17) is 0 Å². The van der Waals surface area contributed by atoms with E-state index < -0.39 is 17.5 Å². The molecule has 0 spiro atoms. The Morgan fingerprint density at radius 3 is 2.70 bits per heavy atom. The van der Waals surface area contributed by atoms with E-state index in [0.29, 0.717) is 5.69 Å². The van der Waals surface area contributed by atoms with Crippen molar-refractivity contribution in [3.8, 4) is 5.69 Å². The molecule has 0 aliphatic heterocycles. The van der Waals surface area contributed by atoms with E-state index in [1.807, 2.05) is 25.1 Å². The van der Waals surface area contributed by atoms with Crippen LogP contribution in [0.3, 0.4) is 0 Å². The predicted molar refractivity (Wildman–Crippen MR) is 80.4 cm³/mol. The van der Waals surface area contributed by atoms with Crippen molar-refractivity contribution in [3.05, 3.63) is 71.8 Å². The van der Waals surface area contributed by atoms with Crippen LogP contribution < -0.4 is 5.32 Å². The van der Waals surface area contributed by atoms with Crippen LogP contribution in [-0.2, 0) is 0 Å². The molecule has 1 aromatic heterocycles. The van der Waals surface area contributed by atoms with Gasteiger partial charge in [-0.15, -0.1) is 5.10 Å². The van der Waals surface area contributed by atoms with Crippen LogP contribution >= 0.6 is 0 Å². The molecule has 0 atom stereocenters. The molecule has 1 N–H and O–H groups in total. The highest BCUT2D eigenvalue weighted by atomic mass is 19.2. The fourth-order valence-electron chi connectivity index (χ4n) is 2.03. The van der Waals surface area contributed by atoms with Crippen molar-refractivity contribution in [3.63, 3.8) is 0 Å². The number of aromatic nitrogens is 3. The van der Waals surface area contributed by atoms with Gasteiger partial charge in [0.15, 0.2) is 11.6 Å². The Kier molecular flexibility index (Phi) is 3.84. The Balaban J connectivity index is 1.81. The summed E-state index contributed by atoms with van der Waals surface area (Å²) in [5.41, 5.74) is 1.90. The van der Waals surface area contributed by atoms with E-state index >= 15 is 0 Å². The Hall–Kier alpha value is -3.09. The Bertz CT molecular complexity index is 876. The van der Waals surface area contributed by atoms with Gasteiger partial charge in [-0.25, -0.2) is 18.4 Å². The lowest BCUT2D eigenvalue weighted by Crippen LogP contribution is -2.14. The molecule has 3 rings (SSSR count). The molecule has 0 aliphatic rings. The molecule has 3 aromatic rings. The first kappa shape index (κ1) is 14.8. The molecule has 0 saturated carbocycles. The highest BCUT2D eigenvalue weighted by molar-refractivity contribution is 6.01. The van der Waals surface area contributed by atoms with Crippen LogP contribution in [0.25, 0.3) is 5.69 Å². The average molecular weight is 314 g/mol. The van der Waals surface area contributed by atoms with Gasteiger partial charge in [-0.05, 0) is 36.8 Å². The molecule has 1 amide bonds. The monoisotopic (exact) mass is 314 g/mol. The van der Waals surface area contributed by atoms with Gasteiger partial charge < -0.3 is 5.32 Å². The van der Waals surface area contributed by atoms with Gasteiger partial charge in [0.1, 0.15) is 6.33 Å². The van der Waals surface area contributed by atoms with Crippen LogP contribution in [0, 0.1) is 18.6 Å². The quantitative estimate of drug-likeness (QED) is 0.808. The zero-order chi connectivity index (χ0) is 16.4. The fraction of sp³-hybridized carbons (Fsp3) is 0.0625. The summed E-state index contributed by atoms with van der Waals surface area (Å²) in [5.74, 6) is -2.51. The van der Waals surface area contributed by atoms with Gasteiger partial charge in [-0.1, -0.05) is 12.1 Å². The van der Waals surface area contributed by atoms with Crippen molar-refractivity contribution < 1.29 is 13.6 Å². The standard InChI is InChI=1S/C16H12F2N4O/c1-10-3-2-4-11(7-10)20-16(23)15-19-9-22(21-15)12-5-6-13(17)14(18)8-12/h2-9H,1H3,(H,20,23). The maximum atomic E-state index is 13.2. The molecular weight excluding hydrogens is 302 g/mol. The lowest BCUT2D eigenvalue weighted by molar-refractivity contribution is 0.101. The first-order chi connectivity index (χ1) is 11.0. The van der Waals surface area contributed by atoms with E-state index in [0.717, 1.165) is 17.7 Å². The molecule has 0 radical (unpaired) electrons. The predicted octanol–water partition coefficient (Wildman–Crippen LogP) is 3.11. The summed E-state index contributed by atoms with van der Waals surface area (Å²) in [7, 11) is 0. The van der Waals surface area contributed by atoms with Crippen molar-refractivity contribution in [1.82, 2.24) is 14.8 Å². The number of aryl methyl sites for hydroxylation is 1. The second kappa shape index (κ2) is 5.96. The van der Waals surface area contributed by atoms with Gasteiger partial charge in [-0.3, -0.25) is 4.79 Å². The number of anilines is 1. The van der Waals surface area contributed by atoms with E-state index in [1.54, 1.807) is 6.07 Å². The van der Waals surface area contributed by atoms with Crippen LogP contribution in [0.5, 0.6) is 0 Å². The van der Waals surface area contributed by atoms with Crippen LogP contribution in [0.15, 0.2) is 48.8 Å². The summed E-state index contributed by atoms with van der Waals surface area (Å²) >= 11 is 0. The number of halogens is 2. The molecule has 0 aliphatic carbocycles. The SMILES string of the molecule is Cc1cccc(NC(=O)c2ncn(-c3ccc(F)c(F)c3)n2)c1. The minimum atomic E-state index is -0.997. The number of carbonyl (C=O) groups excluding carboxylic acids is 1. The van der Waals surface area contributed by atoms with Gasteiger partial charge in [0.25, 0.3) is 5.91 Å². The largest absolute Gasteiger partial charge is 0.319 e. The minimum absolute atomic E-state index is 0.0729. The van der Waals surface area contributed by atoms with Crippen LogP contribution in [0.4, 0.5) is 14.5 Å². The zero-order valence-electron chi connectivity index (χ0n) is 12.1. The fourth-order valence-corrected chi connectivity index (χ4v) is 2.03. The van der Waals surface area contributed by atoms with Gasteiger partial charge in [-0.2, -0.15) is 0 Å². The third kappa shape index (κ3) is 3.23. The van der Waals surface area contributed by atoms with E-state index in [2.05, 4.69) is 15.4 Å². The van der Waals surface area contributed by atoms with E-state index in [1.165, 1.54) is 17.1 Å². The van der Waals surface area contributed by atoms with E-state index in [9.17, 15) is 13.6 Å². The summed E-state index contributed by atoms with van der Waals surface area (Å²) < 4.78 is 27.4. The zero-order valence-corrected chi connectivity index (χ0v) is 12.1. The number of hydrogen-bond acceptors (Lipinski definition) is 3. The number of hydrogen-bond donors (Lipinski definition) is 1. The molecule has 5 nitrogen and oxygen atoms in total. The maximum absolute atomic E-state index is 13.2. The number of benzene rings is 2. The summed E-state index contributed by atoms with van der Waals surface area (Å²) in [6.45, 7) is 1.91. The lowest BCUT2D eigenvalue weighted by Gasteiger charge is -2.03. The molecule has 116 valence electrons. The Morgan fingerprint density at radius 1 is 1.13 bits per heavy atom. The molecule has 1 heterocycles. The number of nitrogens with zero attached hydrogens (tertiary/aromatic N) is 3. The summed E-state index contributed by atoms with van der Waals surface area (Å²) in [6.07, 6.45) is 1.26. The van der Waals surface area contributed by atoms with Gasteiger partial charge in [0, 0.05) is 11.8 Å². The van der Waals surface area contributed by atoms with E-state index in [-0.39, 0.29) is 11.5 Å². The lowest BCUT2D eigenvalue weighted by atomic mass is 10.2. The highest BCUT2D eigenvalue weighted by Gasteiger charge is 2.13. The highest BCUT2D eigenvalue weighted by Crippen LogP contribution is 2.13. The second-order valence-electron chi connectivity index (χ2n) is 4.93. The molecular formula is C16H12F2N4O. The summed E-state index contributed by atoms with van der Waals surface area (Å²) in [5, 5.41) is 6.65. The average Bonchev–Trinajstić information content (AvgIpc) is 3.00. The molecule has 0 fully saturated rings. The van der Waals surface area contributed by atoms with Crippen molar-refractivity contribution in [2.24, 2.45) is 0 Å². The van der Waals surface area contributed by atoms with Crippen molar-refractivity contribution in [2.45, 2.75) is 6.92 Å². The van der Waals surface area contributed by atoms with Crippen LogP contribution in [0.2, 0.25) is 0 Å².